The van der Waals surface area contributed by atoms with E-state index in [1.165, 1.54) is 0 Å². The van der Waals surface area contributed by atoms with Crippen molar-refractivity contribution in [1.82, 2.24) is 5.32 Å². The second kappa shape index (κ2) is 8.32. The molecular weight excluding hydrogens is 256 g/mol. The predicted molar refractivity (Wildman–Crippen MR) is 78.8 cm³/mol. The van der Waals surface area contributed by atoms with E-state index in [4.69, 9.17) is 4.74 Å². The van der Waals surface area contributed by atoms with Crippen molar-refractivity contribution < 1.29 is 14.3 Å². The molecule has 0 spiro atoms. The summed E-state index contributed by atoms with van der Waals surface area (Å²) in [7, 11) is 0. The van der Waals surface area contributed by atoms with Gasteiger partial charge in [-0.05, 0) is 38.5 Å². The van der Waals surface area contributed by atoms with Crippen LogP contribution in [0.4, 0.5) is 5.69 Å². The smallest absolute Gasteiger partial charge is 0.338 e. The van der Waals surface area contributed by atoms with E-state index in [2.05, 4.69) is 17.6 Å². The van der Waals surface area contributed by atoms with Crippen LogP contribution in [0.5, 0.6) is 0 Å². The average molecular weight is 278 g/mol. The molecule has 0 saturated carbocycles. The highest BCUT2D eigenvalue weighted by Gasteiger charge is 2.09. The molecule has 5 heteroatoms. The van der Waals surface area contributed by atoms with Crippen LogP contribution < -0.4 is 10.6 Å². The molecule has 110 valence electrons. The topological polar surface area (TPSA) is 67.4 Å². The Kier molecular flexibility index (Phi) is 6.73. The molecule has 0 aliphatic rings. The molecule has 20 heavy (non-hydrogen) atoms. The van der Waals surface area contributed by atoms with Crippen molar-refractivity contribution >= 4 is 17.6 Å². The first kappa shape index (κ1) is 16.2. The van der Waals surface area contributed by atoms with Crippen LogP contribution in [0, 0.1) is 0 Å². The van der Waals surface area contributed by atoms with Gasteiger partial charge in [-0.1, -0.05) is 13.0 Å². The van der Waals surface area contributed by atoms with Gasteiger partial charge in [0.15, 0.2) is 0 Å². The van der Waals surface area contributed by atoms with Gasteiger partial charge < -0.3 is 15.4 Å². The fourth-order valence-corrected chi connectivity index (χ4v) is 1.55. The van der Waals surface area contributed by atoms with Crippen molar-refractivity contribution in [2.45, 2.75) is 33.2 Å². The third kappa shape index (κ3) is 5.40. The Balaban J connectivity index is 2.57. The third-order valence-electron chi connectivity index (χ3n) is 2.88. The summed E-state index contributed by atoms with van der Waals surface area (Å²) in [4.78, 5) is 23.3. The van der Waals surface area contributed by atoms with Gasteiger partial charge in [-0.2, -0.15) is 0 Å². The summed E-state index contributed by atoms with van der Waals surface area (Å²) in [6.45, 7) is 6.41. The Morgan fingerprint density at radius 2 is 2.05 bits per heavy atom. The second-order valence-electron chi connectivity index (χ2n) is 4.54. The van der Waals surface area contributed by atoms with Crippen molar-refractivity contribution in [1.29, 1.82) is 0 Å². The number of benzene rings is 1. The number of hydrogen-bond donors (Lipinski definition) is 2. The molecule has 0 bridgehead atoms. The molecule has 0 aliphatic heterocycles. The molecule has 1 unspecified atom stereocenters. The molecule has 5 nitrogen and oxygen atoms in total. The standard InChI is InChI=1S/C15H22N2O3/c1-4-11(3)16-10-14(18)17-13-8-6-7-12(9-13)15(19)20-5-2/h6-9,11,16H,4-5,10H2,1-3H3,(H,17,18). The SMILES string of the molecule is CCOC(=O)c1cccc(NC(=O)CNC(C)CC)c1. The number of anilines is 1. The molecule has 1 aromatic rings. The molecule has 0 radical (unpaired) electrons. The maximum atomic E-state index is 11.7. The van der Waals surface area contributed by atoms with Crippen molar-refractivity contribution in [3.05, 3.63) is 29.8 Å². The average Bonchev–Trinajstić information content (AvgIpc) is 2.45. The number of amides is 1. The molecule has 1 aromatic carbocycles. The molecular formula is C15H22N2O3. The van der Waals surface area contributed by atoms with Gasteiger partial charge in [0.2, 0.25) is 5.91 Å². The maximum absolute atomic E-state index is 11.7. The van der Waals surface area contributed by atoms with Crippen LogP contribution in [-0.2, 0) is 9.53 Å². The van der Waals surface area contributed by atoms with Gasteiger partial charge in [-0.25, -0.2) is 4.79 Å². The lowest BCUT2D eigenvalue weighted by Gasteiger charge is -2.11. The van der Waals surface area contributed by atoms with Crippen molar-refractivity contribution in [3.63, 3.8) is 0 Å². The highest BCUT2D eigenvalue weighted by molar-refractivity contribution is 5.95. The van der Waals surface area contributed by atoms with Gasteiger partial charge in [0.05, 0.1) is 18.7 Å². The van der Waals surface area contributed by atoms with E-state index in [-0.39, 0.29) is 18.4 Å². The Morgan fingerprint density at radius 1 is 1.30 bits per heavy atom. The van der Waals surface area contributed by atoms with Crippen LogP contribution in [0.25, 0.3) is 0 Å². The molecule has 1 rings (SSSR count). The monoisotopic (exact) mass is 278 g/mol. The van der Waals surface area contributed by atoms with Gasteiger partial charge in [-0.15, -0.1) is 0 Å². The molecule has 0 saturated heterocycles. The normalized spacial score (nSPS) is 11.8. The van der Waals surface area contributed by atoms with Gasteiger partial charge >= 0.3 is 5.97 Å². The van der Waals surface area contributed by atoms with Gasteiger partial charge in [0.25, 0.3) is 0 Å². The highest BCUT2D eigenvalue weighted by Crippen LogP contribution is 2.11. The lowest BCUT2D eigenvalue weighted by Crippen LogP contribution is -2.33. The van der Waals surface area contributed by atoms with E-state index < -0.39 is 0 Å². The lowest BCUT2D eigenvalue weighted by molar-refractivity contribution is -0.115. The van der Waals surface area contributed by atoms with Crippen LogP contribution in [0.3, 0.4) is 0 Å². The number of hydrogen-bond acceptors (Lipinski definition) is 4. The Morgan fingerprint density at radius 3 is 2.70 bits per heavy atom. The minimum atomic E-state index is -0.388. The van der Waals surface area contributed by atoms with Crippen LogP contribution in [0.1, 0.15) is 37.6 Å². The van der Waals surface area contributed by atoms with Crippen molar-refractivity contribution in [2.24, 2.45) is 0 Å². The molecule has 1 amide bonds. The summed E-state index contributed by atoms with van der Waals surface area (Å²) in [6, 6.07) is 7.02. The van der Waals surface area contributed by atoms with Gasteiger partial charge in [0.1, 0.15) is 0 Å². The zero-order valence-corrected chi connectivity index (χ0v) is 12.2. The summed E-state index contributed by atoms with van der Waals surface area (Å²) >= 11 is 0. The fraction of sp³-hybridized carbons (Fsp3) is 0.467. The van der Waals surface area contributed by atoms with E-state index in [1.807, 2.05) is 6.92 Å². The molecule has 0 aliphatic carbocycles. The molecule has 2 N–H and O–H groups in total. The van der Waals surface area contributed by atoms with E-state index in [0.717, 1.165) is 6.42 Å². The second-order valence-corrected chi connectivity index (χ2v) is 4.54. The quantitative estimate of drug-likeness (QED) is 0.750. The van der Waals surface area contributed by atoms with E-state index in [0.29, 0.717) is 23.9 Å². The minimum Gasteiger partial charge on any atom is -0.462 e. The number of rotatable bonds is 7. The summed E-state index contributed by atoms with van der Waals surface area (Å²) in [6.07, 6.45) is 0.964. The third-order valence-corrected chi connectivity index (χ3v) is 2.88. The first-order valence-electron chi connectivity index (χ1n) is 6.87. The van der Waals surface area contributed by atoms with Gasteiger partial charge in [0, 0.05) is 11.7 Å². The van der Waals surface area contributed by atoms with Crippen molar-refractivity contribution in [3.8, 4) is 0 Å². The van der Waals surface area contributed by atoms with Crippen LogP contribution in [0.2, 0.25) is 0 Å². The molecule has 0 heterocycles. The van der Waals surface area contributed by atoms with Crippen molar-refractivity contribution in [2.75, 3.05) is 18.5 Å². The first-order chi connectivity index (χ1) is 9.56. The summed E-state index contributed by atoms with van der Waals surface area (Å²) in [5.74, 6) is -0.521. The number of nitrogens with one attached hydrogen (secondary N) is 2. The maximum Gasteiger partial charge on any atom is 0.338 e. The predicted octanol–water partition coefficient (Wildman–Crippen LogP) is 2.19. The van der Waals surface area contributed by atoms with Crippen LogP contribution >= 0.6 is 0 Å². The number of carbonyl (C=O) groups excluding carboxylic acids is 2. The number of ether oxygens (including phenoxy) is 1. The number of carbonyl (C=O) groups is 2. The molecule has 1 atom stereocenters. The lowest BCUT2D eigenvalue weighted by atomic mass is 10.2. The summed E-state index contributed by atoms with van der Waals surface area (Å²) in [5, 5.41) is 5.86. The van der Waals surface area contributed by atoms with Gasteiger partial charge in [-0.3, -0.25) is 4.79 Å². The highest BCUT2D eigenvalue weighted by atomic mass is 16.5. The minimum absolute atomic E-state index is 0.133. The zero-order valence-electron chi connectivity index (χ0n) is 12.2. The van der Waals surface area contributed by atoms with E-state index >= 15 is 0 Å². The first-order valence-corrected chi connectivity index (χ1v) is 6.87. The van der Waals surface area contributed by atoms with E-state index in [1.54, 1.807) is 31.2 Å². The van der Waals surface area contributed by atoms with Crippen LogP contribution in [0.15, 0.2) is 24.3 Å². The number of esters is 1. The van der Waals surface area contributed by atoms with E-state index in [9.17, 15) is 9.59 Å². The largest absolute Gasteiger partial charge is 0.462 e. The fourth-order valence-electron chi connectivity index (χ4n) is 1.55. The Labute approximate surface area is 119 Å². The Bertz CT molecular complexity index is 460. The molecule has 0 aromatic heterocycles. The zero-order chi connectivity index (χ0) is 15.0. The summed E-state index contributed by atoms with van der Waals surface area (Å²) in [5.41, 5.74) is 1.02. The van der Waals surface area contributed by atoms with Crippen LogP contribution in [-0.4, -0.2) is 31.1 Å². The summed E-state index contributed by atoms with van der Waals surface area (Å²) < 4.78 is 4.92. The molecule has 0 fully saturated rings. The Hall–Kier alpha value is -1.88.